The summed E-state index contributed by atoms with van der Waals surface area (Å²) in [6, 6.07) is 18.6. The summed E-state index contributed by atoms with van der Waals surface area (Å²) in [4.78, 5) is 32.8. The number of methoxy groups -OCH3 is 1. The van der Waals surface area contributed by atoms with Crippen molar-refractivity contribution in [2.75, 3.05) is 25.2 Å². The highest BCUT2D eigenvalue weighted by atomic mass is 32.1. The number of benzene rings is 3. The van der Waals surface area contributed by atoms with Gasteiger partial charge in [0.25, 0.3) is 5.78 Å². The molecule has 3 aromatic carbocycles. The molecule has 0 radical (unpaired) electrons. The van der Waals surface area contributed by atoms with Crippen molar-refractivity contribution < 1.29 is 28.9 Å². The van der Waals surface area contributed by atoms with Crippen molar-refractivity contribution in [2.24, 2.45) is 0 Å². The molecule has 1 amide bonds. The van der Waals surface area contributed by atoms with Crippen molar-refractivity contribution in [3.8, 4) is 17.2 Å². The number of fused-ring (bicyclic) bond motifs is 2. The van der Waals surface area contributed by atoms with Crippen LogP contribution in [0.5, 0.6) is 17.2 Å². The Morgan fingerprint density at radius 1 is 1.03 bits per heavy atom. The zero-order valence-electron chi connectivity index (χ0n) is 19.1. The molecule has 6 rings (SSSR count). The van der Waals surface area contributed by atoms with E-state index in [4.69, 9.17) is 14.2 Å². The molecule has 9 heteroatoms. The summed E-state index contributed by atoms with van der Waals surface area (Å²) in [5.41, 5.74) is 1.69. The van der Waals surface area contributed by atoms with E-state index in [1.54, 1.807) is 37.4 Å². The first-order valence-electron chi connectivity index (χ1n) is 11.3. The Morgan fingerprint density at radius 3 is 2.58 bits per heavy atom. The Balaban J connectivity index is 1.52. The molecule has 1 N–H and O–H groups in total. The van der Waals surface area contributed by atoms with Crippen molar-refractivity contribution in [1.82, 2.24) is 4.98 Å². The molecule has 1 aromatic heterocycles. The average molecular weight is 501 g/mol. The molecule has 1 atom stereocenters. The van der Waals surface area contributed by atoms with Crippen molar-refractivity contribution in [3.05, 3.63) is 83.4 Å². The molecule has 1 fully saturated rings. The number of aromatic nitrogens is 1. The third-order valence-corrected chi connectivity index (χ3v) is 7.18. The summed E-state index contributed by atoms with van der Waals surface area (Å²) in [6.45, 7) is 0.819. The van der Waals surface area contributed by atoms with E-state index >= 15 is 0 Å². The van der Waals surface area contributed by atoms with Gasteiger partial charge in [-0.05, 0) is 42.0 Å². The fourth-order valence-corrected chi connectivity index (χ4v) is 5.47. The fraction of sp³-hybridized carbons (Fsp3) is 0.148. The molecule has 0 aliphatic carbocycles. The van der Waals surface area contributed by atoms with E-state index in [1.807, 2.05) is 36.4 Å². The van der Waals surface area contributed by atoms with E-state index in [-0.39, 0.29) is 11.3 Å². The molecule has 0 saturated carbocycles. The third-order valence-electron chi connectivity index (χ3n) is 6.17. The van der Waals surface area contributed by atoms with Gasteiger partial charge in [0.15, 0.2) is 16.6 Å². The molecule has 1 saturated heterocycles. The number of thiazole rings is 1. The second-order valence-electron chi connectivity index (χ2n) is 8.27. The Morgan fingerprint density at radius 2 is 1.81 bits per heavy atom. The molecule has 0 bridgehead atoms. The number of hydrogen-bond donors (Lipinski definition) is 1. The highest BCUT2D eigenvalue weighted by Crippen LogP contribution is 2.45. The summed E-state index contributed by atoms with van der Waals surface area (Å²) in [6.07, 6.45) is 0. The van der Waals surface area contributed by atoms with Crippen molar-refractivity contribution >= 4 is 44.1 Å². The normalized spacial score (nSPS) is 18.6. The van der Waals surface area contributed by atoms with Gasteiger partial charge in [0.05, 0.1) is 28.9 Å². The van der Waals surface area contributed by atoms with Gasteiger partial charge in [-0.25, -0.2) is 4.98 Å². The quantitative estimate of drug-likeness (QED) is 0.246. The maximum atomic E-state index is 13.4. The van der Waals surface area contributed by atoms with Crippen LogP contribution in [0.4, 0.5) is 5.13 Å². The molecule has 4 aromatic rings. The van der Waals surface area contributed by atoms with Crippen molar-refractivity contribution in [3.63, 3.8) is 0 Å². The minimum atomic E-state index is -0.859. The molecular weight excluding hydrogens is 480 g/mol. The summed E-state index contributed by atoms with van der Waals surface area (Å²) >= 11 is 1.28. The molecule has 2 aliphatic heterocycles. The van der Waals surface area contributed by atoms with E-state index < -0.39 is 17.7 Å². The number of ketones is 1. The largest absolute Gasteiger partial charge is 0.507 e. The predicted octanol–water partition coefficient (Wildman–Crippen LogP) is 4.70. The minimum absolute atomic E-state index is 0.0142. The van der Waals surface area contributed by atoms with Crippen molar-refractivity contribution in [1.29, 1.82) is 0 Å². The van der Waals surface area contributed by atoms with Crippen LogP contribution < -0.4 is 19.1 Å². The fourth-order valence-electron chi connectivity index (χ4n) is 4.45. The number of carbonyl (C=O) groups is 2. The van der Waals surface area contributed by atoms with Crippen LogP contribution in [0.15, 0.2) is 72.3 Å². The number of ether oxygens (including phenoxy) is 3. The van der Waals surface area contributed by atoms with Gasteiger partial charge < -0.3 is 19.3 Å². The van der Waals surface area contributed by atoms with Gasteiger partial charge in [-0.1, -0.05) is 41.7 Å². The lowest BCUT2D eigenvalue weighted by Crippen LogP contribution is -2.29. The SMILES string of the molecule is COc1ccc2nc(N3C(=O)C(=O)/C(=C(\O)c4ccc5c(c4)OCCO5)C3c3ccccc3)sc2c1. The van der Waals surface area contributed by atoms with Crippen molar-refractivity contribution in [2.45, 2.75) is 6.04 Å². The highest BCUT2D eigenvalue weighted by molar-refractivity contribution is 7.22. The number of nitrogens with zero attached hydrogens (tertiary/aromatic N) is 2. The van der Waals surface area contributed by atoms with Gasteiger partial charge in [-0.3, -0.25) is 14.5 Å². The predicted molar refractivity (Wildman–Crippen MR) is 135 cm³/mol. The standard InChI is InChI=1S/C27H20N2O6S/c1-33-17-8-9-18-21(14-17)36-27(28-18)29-23(15-5-3-2-4-6-15)22(25(31)26(29)32)24(30)16-7-10-19-20(13-16)35-12-11-34-19/h2-10,13-14,23,30H,11-12H2,1H3/b24-22-. The topological polar surface area (TPSA) is 98.2 Å². The van der Waals surface area contributed by atoms with Crippen LogP contribution in [0.1, 0.15) is 17.2 Å². The summed E-state index contributed by atoms with van der Waals surface area (Å²) in [5.74, 6) is -0.136. The first-order valence-corrected chi connectivity index (χ1v) is 12.1. The van der Waals surface area contributed by atoms with Crippen LogP contribution in [0, 0.1) is 0 Å². The van der Waals surface area contributed by atoms with Gasteiger partial charge in [-0.15, -0.1) is 0 Å². The van der Waals surface area contributed by atoms with Crippen LogP contribution >= 0.6 is 11.3 Å². The van der Waals surface area contributed by atoms with Gasteiger partial charge in [0.1, 0.15) is 24.7 Å². The van der Waals surface area contributed by atoms with Crippen LogP contribution in [0.25, 0.3) is 16.0 Å². The minimum Gasteiger partial charge on any atom is -0.507 e. The summed E-state index contributed by atoms with van der Waals surface area (Å²) in [7, 11) is 1.58. The van der Waals surface area contributed by atoms with Gasteiger partial charge in [-0.2, -0.15) is 0 Å². The Bertz CT molecular complexity index is 1540. The number of aliphatic hydroxyl groups is 1. The number of anilines is 1. The van der Waals surface area contributed by atoms with Crippen LogP contribution in [-0.2, 0) is 9.59 Å². The molecule has 180 valence electrons. The van der Waals surface area contributed by atoms with Gasteiger partial charge >= 0.3 is 5.91 Å². The van der Waals surface area contributed by atoms with Crippen LogP contribution in [0.3, 0.4) is 0 Å². The monoisotopic (exact) mass is 500 g/mol. The van der Waals surface area contributed by atoms with Gasteiger partial charge in [0.2, 0.25) is 0 Å². The molecular formula is C27H20N2O6S. The zero-order valence-corrected chi connectivity index (χ0v) is 20.0. The Kier molecular flexibility index (Phi) is 5.34. The maximum absolute atomic E-state index is 13.4. The van der Waals surface area contributed by atoms with E-state index in [2.05, 4.69) is 4.98 Å². The number of aliphatic hydroxyl groups excluding tert-OH is 1. The number of rotatable bonds is 4. The second kappa shape index (κ2) is 8.69. The van der Waals surface area contributed by atoms with Crippen LogP contribution in [0.2, 0.25) is 0 Å². The Hall–Kier alpha value is -4.37. The van der Waals surface area contributed by atoms with E-state index in [9.17, 15) is 14.7 Å². The highest BCUT2D eigenvalue weighted by Gasteiger charge is 2.48. The van der Waals surface area contributed by atoms with Gasteiger partial charge in [0, 0.05) is 5.56 Å². The zero-order chi connectivity index (χ0) is 24.8. The summed E-state index contributed by atoms with van der Waals surface area (Å²) < 4.78 is 17.3. The molecule has 1 unspecified atom stereocenters. The lowest BCUT2D eigenvalue weighted by molar-refractivity contribution is -0.132. The lowest BCUT2D eigenvalue weighted by Gasteiger charge is -2.23. The Labute approximate surface area is 210 Å². The van der Waals surface area contributed by atoms with Crippen LogP contribution in [-0.4, -0.2) is 42.1 Å². The first-order chi connectivity index (χ1) is 17.5. The maximum Gasteiger partial charge on any atom is 0.301 e. The van der Waals surface area contributed by atoms with E-state index in [0.29, 0.717) is 52.2 Å². The van der Waals surface area contributed by atoms with E-state index in [0.717, 1.165) is 4.70 Å². The molecule has 2 aliphatic rings. The average Bonchev–Trinajstić information content (AvgIpc) is 3.46. The smallest absolute Gasteiger partial charge is 0.301 e. The second-order valence-corrected chi connectivity index (χ2v) is 9.28. The van der Waals surface area contributed by atoms with E-state index in [1.165, 1.54) is 16.2 Å². The first kappa shape index (κ1) is 22.1. The summed E-state index contributed by atoms with van der Waals surface area (Å²) in [5, 5.41) is 11.7. The number of hydrogen-bond acceptors (Lipinski definition) is 8. The number of carbonyl (C=O) groups excluding carboxylic acids is 2. The molecule has 36 heavy (non-hydrogen) atoms. The number of amides is 1. The third kappa shape index (κ3) is 3.56. The number of Topliss-reactive ketones (excluding diaryl/α,β-unsaturated/α-hetero) is 1. The molecule has 3 heterocycles. The molecule has 0 spiro atoms. The lowest BCUT2D eigenvalue weighted by atomic mass is 9.95. The molecule has 8 nitrogen and oxygen atoms in total.